The average Bonchev–Trinajstić information content (AvgIpc) is 3.30. The number of hydrogen-bond donors (Lipinski definition) is 0. The molecule has 2 aromatic carbocycles. The number of benzene rings is 2. The van der Waals surface area contributed by atoms with E-state index in [0.717, 1.165) is 34.4 Å². The van der Waals surface area contributed by atoms with E-state index in [9.17, 15) is 18.0 Å². The molecule has 0 unspecified atom stereocenters. The minimum Gasteiger partial charge on any atom is -0.493 e. The van der Waals surface area contributed by atoms with Crippen molar-refractivity contribution in [2.75, 3.05) is 39.6 Å². The van der Waals surface area contributed by atoms with Crippen molar-refractivity contribution in [3.05, 3.63) is 70.3 Å². The molecule has 0 bridgehead atoms. The van der Waals surface area contributed by atoms with Crippen LogP contribution in [0.3, 0.4) is 0 Å². The van der Waals surface area contributed by atoms with E-state index in [0.29, 0.717) is 25.7 Å². The molecule has 0 fully saturated rings. The molecule has 4 rings (SSSR count). The molecule has 0 aromatic heterocycles. The van der Waals surface area contributed by atoms with Crippen LogP contribution in [0.5, 0.6) is 5.75 Å². The van der Waals surface area contributed by atoms with Gasteiger partial charge in [-0.15, -0.1) is 0 Å². The maximum atomic E-state index is 15.8. The number of carbonyl (C=O) groups is 1. The first-order valence-corrected chi connectivity index (χ1v) is 15.0. The molecule has 0 saturated heterocycles. The third-order valence-corrected chi connectivity index (χ3v) is 7.70. The summed E-state index contributed by atoms with van der Waals surface area (Å²) >= 11 is 0. The quantitative estimate of drug-likeness (QED) is 0.119. The molecular formula is C33H40F5NO5. The lowest BCUT2D eigenvalue weighted by Crippen LogP contribution is -2.47. The van der Waals surface area contributed by atoms with Crippen LogP contribution < -0.4 is 4.74 Å². The third-order valence-electron chi connectivity index (χ3n) is 7.70. The zero-order chi connectivity index (χ0) is 32.1. The normalized spacial score (nSPS) is 18.8. The van der Waals surface area contributed by atoms with Crippen LogP contribution in [0.2, 0.25) is 0 Å². The van der Waals surface area contributed by atoms with Gasteiger partial charge < -0.3 is 18.9 Å². The summed E-state index contributed by atoms with van der Waals surface area (Å²) in [7, 11) is 0. The highest BCUT2D eigenvalue weighted by Crippen LogP contribution is 2.50. The molecule has 2 aliphatic rings. The van der Waals surface area contributed by atoms with Gasteiger partial charge in [-0.05, 0) is 75.7 Å². The number of alkyl halides is 3. The third kappa shape index (κ3) is 8.17. The van der Waals surface area contributed by atoms with Crippen LogP contribution in [0.25, 0.3) is 5.57 Å². The molecule has 2 aromatic rings. The van der Waals surface area contributed by atoms with Crippen molar-refractivity contribution in [3.63, 3.8) is 0 Å². The Morgan fingerprint density at radius 2 is 1.68 bits per heavy atom. The molecule has 1 aliphatic carbocycles. The Morgan fingerprint density at radius 3 is 2.36 bits per heavy atom. The van der Waals surface area contributed by atoms with Crippen molar-refractivity contribution < 1.29 is 45.7 Å². The summed E-state index contributed by atoms with van der Waals surface area (Å²) in [5.41, 5.74) is 2.48. The highest BCUT2D eigenvalue weighted by molar-refractivity contribution is 5.79. The highest BCUT2D eigenvalue weighted by Gasteiger charge is 2.43. The first-order valence-electron chi connectivity index (χ1n) is 15.0. The minimum absolute atomic E-state index is 0.0190. The summed E-state index contributed by atoms with van der Waals surface area (Å²) in [4.78, 5) is 13.0. The van der Waals surface area contributed by atoms with Gasteiger partial charge in [0.2, 0.25) is 0 Å². The maximum Gasteiger partial charge on any atom is 0.456 e. The zero-order valence-corrected chi connectivity index (χ0v) is 25.6. The second-order valence-electron chi connectivity index (χ2n) is 11.7. The van der Waals surface area contributed by atoms with Crippen LogP contribution in [0.1, 0.15) is 69.7 Å². The van der Waals surface area contributed by atoms with Gasteiger partial charge in [0.1, 0.15) is 23.1 Å². The largest absolute Gasteiger partial charge is 0.493 e. The number of nitrogens with zero attached hydrogens (tertiary/aromatic N) is 1. The number of unbranched alkanes of at least 4 members (excludes halogenated alkanes) is 1. The number of rotatable bonds is 15. The van der Waals surface area contributed by atoms with Gasteiger partial charge in [0.15, 0.2) is 0 Å². The lowest BCUT2D eigenvalue weighted by Gasteiger charge is -2.44. The Morgan fingerprint density at radius 1 is 1.00 bits per heavy atom. The fourth-order valence-corrected chi connectivity index (χ4v) is 5.85. The van der Waals surface area contributed by atoms with Gasteiger partial charge in [-0.3, -0.25) is 4.90 Å². The lowest BCUT2D eigenvalue weighted by atomic mass is 9.84. The fourth-order valence-electron chi connectivity index (χ4n) is 5.85. The van der Waals surface area contributed by atoms with Crippen LogP contribution >= 0.6 is 0 Å². The first kappa shape index (κ1) is 33.9. The van der Waals surface area contributed by atoms with E-state index in [1.54, 1.807) is 0 Å². The van der Waals surface area contributed by atoms with E-state index in [-0.39, 0.29) is 50.3 Å². The molecule has 1 heterocycles. The maximum absolute atomic E-state index is 15.8. The number of carbonyl (C=O) groups excluding carboxylic acids is 1. The van der Waals surface area contributed by atoms with Gasteiger partial charge in [-0.25, -0.2) is 18.0 Å². The molecule has 0 radical (unpaired) electrons. The van der Waals surface area contributed by atoms with Gasteiger partial charge in [-0.2, -0.15) is 8.78 Å². The van der Waals surface area contributed by atoms with Crippen molar-refractivity contribution in [2.24, 2.45) is 0 Å². The predicted octanol–water partition coefficient (Wildman–Crippen LogP) is 7.21. The fraction of sp³-hybridized carbons (Fsp3) is 0.545. The Hall–Kier alpha value is -3.02. The van der Waals surface area contributed by atoms with E-state index in [1.165, 1.54) is 20.8 Å². The average molecular weight is 626 g/mol. The molecule has 2 atom stereocenters. The van der Waals surface area contributed by atoms with Crippen molar-refractivity contribution >= 4 is 11.5 Å². The summed E-state index contributed by atoms with van der Waals surface area (Å²) in [5, 5.41) is 0. The van der Waals surface area contributed by atoms with E-state index >= 15 is 8.78 Å². The monoisotopic (exact) mass is 625 g/mol. The van der Waals surface area contributed by atoms with Gasteiger partial charge in [0, 0.05) is 36.9 Å². The Balaban J connectivity index is 1.35. The van der Waals surface area contributed by atoms with Crippen LogP contribution in [0.15, 0.2) is 42.0 Å². The molecular weight excluding hydrogens is 585 g/mol. The van der Waals surface area contributed by atoms with E-state index in [1.807, 2.05) is 36.1 Å². The smallest absolute Gasteiger partial charge is 0.456 e. The second kappa shape index (κ2) is 14.4. The van der Waals surface area contributed by atoms with Crippen LogP contribution in [-0.4, -0.2) is 68.3 Å². The summed E-state index contributed by atoms with van der Waals surface area (Å²) in [6, 6.07) is 9.38. The lowest BCUT2D eigenvalue weighted by molar-refractivity contribution is -0.252. The van der Waals surface area contributed by atoms with Crippen LogP contribution in [-0.2, 0) is 25.4 Å². The number of ether oxygens (including phenoxy) is 4. The number of hydrogen-bond acceptors (Lipinski definition) is 6. The zero-order valence-electron chi connectivity index (χ0n) is 25.6. The molecule has 0 amide bonds. The van der Waals surface area contributed by atoms with Gasteiger partial charge >= 0.3 is 12.1 Å². The molecule has 44 heavy (non-hydrogen) atoms. The number of fused-ring (bicyclic) bond motifs is 2. The molecule has 6 nitrogen and oxygen atoms in total. The predicted molar refractivity (Wildman–Crippen MR) is 155 cm³/mol. The van der Waals surface area contributed by atoms with Gasteiger partial charge in [0.05, 0.1) is 32.5 Å². The minimum atomic E-state index is -4.04. The van der Waals surface area contributed by atoms with Crippen molar-refractivity contribution in [2.45, 2.75) is 77.2 Å². The summed E-state index contributed by atoms with van der Waals surface area (Å²) < 4.78 is 92.6. The molecule has 242 valence electrons. The topological polar surface area (TPSA) is 57.2 Å². The SMILES string of the molecule is CCOC(=O)C(F)(F)OCCOCCCCOc1cc(F)c([C@@H]2C3=C(C[C@@H](C)N2CC(C)(C)F)c2ccccc2C3)c(F)c1. The molecule has 11 heteroatoms. The van der Waals surface area contributed by atoms with Crippen molar-refractivity contribution in [3.8, 4) is 5.75 Å². The first-order chi connectivity index (χ1) is 20.8. The van der Waals surface area contributed by atoms with Gasteiger partial charge in [-0.1, -0.05) is 24.3 Å². The Bertz CT molecular complexity index is 1320. The van der Waals surface area contributed by atoms with Crippen molar-refractivity contribution in [1.29, 1.82) is 0 Å². The van der Waals surface area contributed by atoms with Crippen LogP contribution in [0, 0.1) is 11.6 Å². The molecule has 1 aliphatic heterocycles. The summed E-state index contributed by atoms with van der Waals surface area (Å²) in [6.45, 7) is 5.83. The van der Waals surface area contributed by atoms with E-state index in [4.69, 9.17) is 9.47 Å². The Kier molecular flexibility index (Phi) is 11.1. The standard InChI is InChI=1S/C33H40F5NO5/c1-5-42-31(40)33(37,38)44-15-14-41-12-8-9-13-43-23-18-27(34)29(28(35)19-23)30-26-17-22-10-6-7-11-24(22)25(26)16-21(2)39(30)20-32(3,4)36/h6-7,10-11,18-19,21,30H,5,8-9,12-17,20H2,1-4H3/t21-,30+/m1/s1. The molecule has 0 spiro atoms. The molecule has 0 N–H and O–H groups in total. The Labute approximate surface area is 255 Å². The number of esters is 1. The summed E-state index contributed by atoms with van der Waals surface area (Å²) in [6.07, 6.45) is -1.86. The highest BCUT2D eigenvalue weighted by atomic mass is 19.3. The van der Waals surface area contributed by atoms with Crippen molar-refractivity contribution in [1.82, 2.24) is 4.90 Å². The van der Waals surface area contributed by atoms with E-state index < -0.39 is 42.0 Å². The van der Waals surface area contributed by atoms with Gasteiger partial charge in [0.25, 0.3) is 0 Å². The number of halogens is 5. The summed E-state index contributed by atoms with van der Waals surface area (Å²) in [5.74, 6) is -3.24. The van der Waals surface area contributed by atoms with E-state index in [2.05, 4.69) is 9.47 Å². The molecule has 0 saturated carbocycles. The van der Waals surface area contributed by atoms with Crippen LogP contribution in [0.4, 0.5) is 22.0 Å². The second-order valence-corrected chi connectivity index (χ2v) is 11.7.